The standard InChI is InChI=1S/C17H14N2O4/c1-10(20)11-4-2-5-12(8-11)18-17(22)13-6-3-7-14-16(13)19-15(21)9-23-14/h2-8H,9H2,1H3,(H,18,22)(H,19,21). The summed E-state index contributed by atoms with van der Waals surface area (Å²) in [7, 11) is 0. The van der Waals surface area contributed by atoms with Crippen molar-refractivity contribution in [1.82, 2.24) is 0 Å². The Hall–Kier alpha value is -3.15. The molecule has 2 amide bonds. The Labute approximate surface area is 132 Å². The lowest BCUT2D eigenvalue weighted by atomic mass is 10.1. The highest BCUT2D eigenvalue weighted by Gasteiger charge is 2.22. The molecule has 2 aromatic carbocycles. The molecule has 2 aromatic rings. The topological polar surface area (TPSA) is 84.5 Å². The van der Waals surface area contributed by atoms with E-state index < -0.39 is 5.91 Å². The molecule has 0 fully saturated rings. The van der Waals surface area contributed by atoms with Crippen LogP contribution in [0.2, 0.25) is 0 Å². The van der Waals surface area contributed by atoms with Crippen molar-refractivity contribution in [2.45, 2.75) is 6.92 Å². The lowest BCUT2D eigenvalue weighted by Crippen LogP contribution is -2.27. The zero-order chi connectivity index (χ0) is 16.4. The fourth-order valence-electron chi connectivity index (χ4n) is 2.30. The number of benzene rings is 2. The van der Waals surface area contributed by atoms with Gasteiger partial charge >= 0.3 is 0 Å². The summed E-state index contributed by atoms with van der Waals surface area (Å²) in [5.41, 5.74) is 1.66. The Balaban J connectivity index is 1.88. The number of hydrogen-bond donors (Lipinski definition) is 2. The Morgan fingerprint density at radius 3 is 2.74 bits per heavy atom. The summed E-state index contributed by atoms with van der Waals surface area (Å²) in [5, 5.41) is 5.37. The van der Waals surface area contributed by atoms with Gasteiger partial charge in [0.15, 0.2) is 12.4 Å². The molecular formula is C17H14N2O4. The molecule has 0 radical (unpaired) electrons. The molecule has 1 aliphatic heterocycles. The molecule has 0 unspecified atom stereocenters. The maximum atomic E-state index is 12.5. The summed E-state index contributed by atoms with van der Waals surface area (Å²) in [4.78, 5) is 35.3. The average Bonchev–Trinajstić information content (AvgIpc) is 2.54. The second-order valence-corrected chi connectivity index (χ2v) is 5.11. The minimum Gasteiger partial charge on any atom is -0.482 e. The number of carbonyl (C=O) groups is 3. The van der Waals surface area contributed by atoms with Crippen LogP contribution in [0, 0.1) is 0 Å². The molecule has 0 saturated heterocycles. The zero-order valence-electron chi connectivity index (χ0n) is 12.4. The lowest BCUT2D eigenvalue weighted by molar-refractivity contribution is -0.118. The molecule has 0 spiro atoms. The van der Waals surface area contributed by atoms with Crippen molar-refractivity contribution >= 4 is 29.0 Å². The van der Waals surface area contributed by atoms with E-state index in [4.69, 9.17) is 4.74 Å². The van der Waals surface area contributed by atoms with Gasteiger partial charge in [-0.25, -0.2) is 0 Å². The van der Waals surface area contributed by atoms with E-state index in [0.29, 0.717) is 28.3 Å². The highest BCUT2D eigenvalue weighted by atomic mass is 16.5. The SMILES string of the molecule is CC(=O)c1cccc(NC(=O)c2cccc3c2NC(=O)CO3)c1. The molecule has 23 heavy (non-hydrogen) atoms. The largest absolute Gasteiger partial charge is 0.482 e. The first kappa shape index (κ1) is 14.8. The molecule has 0 aromatic heterocycles. The number of hydrogen-bond acceptors (Lipinski definition) is 4. The minimum atomic E-state index is -0.395. The van der Waals surface area contributed by atoms with Gasteiger partial charge in [-0.05, 0) is 31.2 Å². The molecule has 0 aliphatic carbocycles. The van der Waals surface area contributed by atoms with Gasteiger partial charge in [0.1, 0.15) is 5.75 Å². The van der Waals surface area contributed by atoms with Gasteiger partial charge in [0, 0.05) is 11.3 Å². The third-order valence-corrected chi connectivity index (χ3v) is 3.42. The number of amides is 2. The highest BCUT2D eigenvalue weighted by molar-refractivity contribution is 6.12. The Bertz CT molecular complexity index is 814. The van der Waals surface area contributed by atoms with Crippen molar-refractivity contribution in [3.05, 3.63) is 53.6 Å². The number of ketones is 1. The van der Waals surface area contributed by atoms with Gasteiger partial charge in [0.05, 0.1) is 11.3 Å². The summed E-state index contributed by atoms with van der Waals surface area (Å²) in [6, 6.07) is 11.6. The van der Waals surface area contributed by atoms with Crippen LogP contribution in [0.5, 0.6) is 5.75 Å². The lowest BCUT2D eigenvalue weighted by Gasteiger charge is -2.20. The summed E-state index contributed by atoms with van der Waals surface area (Å²) in [6.07, 6.45) is 0. The van der Waals surface area contributed by atoms with Crippen LogP contribution in [0.15, 0.2) is 42.5 Å². The predicted octanol–water partition coefficient (Wildman–Crippen LogP) is 2.47. The van der Waals surface area contributed by atoms with Gasteiger partial charge in [-0.2, -0.15) is 0 Å². The molecule has 116 valence electrons. The summed E-state index contributed by atoms with van der Waals surface area (Å²) < 4.78 is 5.29. The van der Waals surface area contributed by atoms with Crippen LogP contribution in [0.3, 0.4) is 0 Å². The molecule has 6 nitrogen and oxygen atoms in total. The summed E-state index contributed by atoms with van der Waals surface area (Å²) >= 11 is 0. The summed E-state index contributed by atoms with van der Waals surface area (Å²) in [5.74, 6) is -0.335. The monoisotopic (exact) mass is 310 g/mol. The fourth-order valence-corrected chi connectivity index (χ4v) is 2.30. The van der Waals surface area contributed by atoms with E-state index in [1.165, 1.54) is 6.92 Å². The van der Waals surface area contributed by atoms with E-state index in [2.05, 4.69) is 10.6 Å². The van der Waals surface area contributed by atoms with Gasteiger partial charge in [-0.1, -0.05) is 18.2 Å². The number of Topliss-reactive ketones (excluding diaryl/α,β-unsaturated/α-hetero) is 1. The molecule has 2 N–H and O–H groups in total. The Morgan fingerprint density at radius 1 is 1.17 bits per heavy atom. The number of nitrogens with one attached hydrogen (secondary N) is 2. The van der Waals surface area contributed by atoms with Crippen molar-refractivity contribution in [2.24, 2.45) is 0 Å². The molecule has 1 heterocycles. The van der Waals surface area contributed by atoms with E-state index in [1.54, 1.807) is 42.5 Å². The van der Waals surface area contributed by atoms with E-state index in [9.17, 15) is 14.4 Å². The first-order chi connectivity index (χ1) is 11.0. The van der Waals surface area contributed by atoms with Crippen molar-refractivity contribution in [2.75, 3.05) is 17.2 Å². The Morgan fingerprint density at radius 2 is 1.96 bits per heavy atom. The molecule has 1 aliphatic rings. The van der Waals surface area contributed by atoms with E-state index >= 15 is 0 Å². The predicted molar refractivity (Wildman–Crippen MR) is 85.0 cm³/mol. The number of anilines is 2. The highest BCUT2D eigenvalue weighted by Crippen LogP contribution is 2.31. The normalized spacial score (nSPS) is 12.7. The third-order valence-electron chi connectivity index (χ3n) is 3.42. The van der Waals surface area contributed by atoms with Crippen molar-refractivity contribution in [3.63, 3.8) is 0 Å². The van der Waals surface area contributed by atoms with Crippen LogP contribution < -0.4 is 15.4 Å². The number of carbonyl (C=O) groups excluding carboxylic acids is 3. The first-order valence-corrected chi connectivity index (χ1v) is 7.02. The smallest absolute Gasteiger partial charge is 0.262 e. The third kappa shape index (κ3) is 3.06. The van der Waals surface area contributed by atoms with Gasteiger partial charge in [-0.15, -0.1) is 0 Å². The molecule has 6 heteroatoms. The maximum Gasteiger partial charge on any atom is 0.262 e. The van der Waals surface area contributed by atoms with Gasteiger partial charge < -0.3 is 15.4 Å². The van der Waals surface area contributed by atoms with Gasteiger partial charge in [0.25, 0.3) is 11.8 Å². The van der Waals surface area contributed by atoms with E-state index in [1.807, 2.05) is 0 Å². The van der Waals surface area contributed by atoms with Crippen LogP contribution in [-0.2, 0) is 4.79 Å². The molecule has 0 bridgehead atoms. The molecular weight excluding hydrogens is 296 g/mol. The quantitative estimate of drug-likeness (QED) is 0.853. The number of rotatable bonds is 3. The second kappa shape index (κ2) is 5.92. The van der Waals surface area contributed by atoms with Crippen LogP contribution in [0.1, 0.15) is 27.6 Å². The van der Waals surface area contributed by atoms with Gasteiger partial charge in [-0.3, -0.25) is 14.4 Å². The first-order valence-electron chi connectivity index (χ1n) is 7.02. The fraction of sp³-hybridized carbons (Fsp3) is 0.118. The van der Waals surface area contributed by atoms with E-state index in [-0.39, 0.29) is 18.3 Å². The van der Waals surface area contributed by atoms with Crippen molar-refractivity contribution in [3.8, 4) is 5.75 Å². The Kier molecular flexibility index (Phi) is 3.80. The molecule has 3 rings (SSSR count). The number of fused-ring (bicyclic) bond motifs is 1. The van der Waals surface area contributed by atoms with Crippen LogP contribution in [-0.4, -0.2) is 24.2 Å². The van der Waals surface area contributed by atoms with Gasteiger partial charge in [0.2, 0.25) is 0 Å². The number of para-hydroxylation sites is 1. The van der Waals surface area contributed by atoms with Crippen LogP contribution >= 0.6 is 0 Å². The minimum absolute atomic E-state index is 0.0707. The molecule has 0 saturated carbocycles. The van der Waals surface area contributed by atoms with E-state index in [0.717, 1.165) is 0 Å². The van der Waals surface area contributed by atoms with Crippen molar-refractivity contribution in [1.29, 1.82) is 0 Å². The van der Waals surface area contributed by atoms with Crippen LogP contribution in [0.25, 0.3) is 0 Å². The van der Waals surface area contributed by atoms with Crippen molar-refractivity contribution < 1.29 is 19.1 Å². The van der Waals surface area contributed by atoms with Crippen LogP contribution in [0.4, 0.5) is 11.4 Å². The molecule has 0 atom stereocenters. The second-order valence-electron chi connectivity index (χ2n) is 5.11. The average molecular weight is 310 g/mol. The zero-order valence-corrected chi connectivity index (χ0v) is 12.4. The summed E-state index contributed by atoms with van der Waals surface area (Å²) in [6.45, 7) is 1.39. The number of ether oxygens (including phenoxy) is 1. The maximum absolute atomic E-state index is 12.5.